The molecule has 1 atom stereocenters. The van der Waals surface area contributed by atoms with E-state index in [0.29, 0.717) is 18.4 Å². The van der Waals surface area contributed by atoms with E-state index in [1.165, 1.54) is 4.90 Å². The van der Waals surface area contributed by atoms with Gasteiger partial charge in [-0.2, -0.15) is 0 Å². The predicted molar refractivity (Wildman–Crippen MR) is 81.0 cm³/mol. The summed E-state index contributed by atoms with van der Waals surface area (Å²) < 4.78 is 0. The second kappa shape index (κ2) is 6.60. The van der Waals surface area contributed by atoms with E-state index >= 15 is 0 Å². The summed E-state index contributed by atoms with van der Waals surface area (Å²) in [7, 11) is 0. The maximum Gasteiger partial charge on any atom is 0.404 e. The maximum atomic E-state index is 12.7. The number of rotatable bonds is 5. The summed E-state index contributed by atoms with van der Waals surface area (Å²) in [6.45, 7) is 4.13. The minimum absolute atomic E-state index is 0.0672. The summed E-state index contributed by atoms with van der Waals surface area (Å²) in [5, 5.41) is 10.8. The van der Waals surface area contributed by atoms with Gasteiger partial charge in [-0.1, -0.05) is 17.7 Å². The molecule has 118 valence electrons. The normalized spacial score (nSPS) is 17.6. The molecule has 1 aromatic carbocycles. The Bertz CT molecular complexity index is 612. The van der Waals surface area contributed by atoms with Crippen molar-refractivity contribution in [3.63, 3.8) is 0 Å². The summed E-state index contributed by atoms with van der Waals surface area (Å²) in [5.74, 6) is -0.168. The summed E-state index contributed by atoms with van der Waals surface area (Å²) in [5.41, 5.74) is 2.52. The second-order valence-corrected chi connectivity index (χ2v) is 5.56. The van der Waals surface area contributed by atoms with Gasteiger partial charge in [0, 0.05) is 25.1 Å². The van der Waals surface area contributed by atoms with Crippen LogP contribution >= 0.6 is 0 Å². The van der Waals surface area contributed by atoms with Gasteiger partial charge < -0.3 is 15.3 Å². The highest BCUT2D eigenvalue weighted by Crippen LogP contribution is 2.24. The Morgan fingerprint density at radius 1 is 1.36 bits per heavy atom. The maximum absolute atomic E-state index is 12.7. The Hall–Kier alpha value is -2.37. The van der Waals surface area contributed by atoms with Crippen molar-refractivity contribution in [1.29, 1.82) is 0 Å². The molecule has 0 aliphatic carbocycles. The number of aryl methyl sites for hydroxylation is 2. The van der Waals surface area contributed by atoms with Gasteiger partial charge in [-0.25, -0.2) is 4.79 Å². The molecule has 1 saturated heterocycles. The SMILES string of the molecule is Cc1ccc(C)c(C(=O)[C@@H]2CCC(=O)N2CCNC(=O)O)c1. The monoisotopic (exact) mass is 304 g/mol. The van der Waals surface area contributed by atoms with Gasteiger partial charge >= 0.3 is 6.09 Å². The number of Topliss-reactive ketones (excluding diaryl/α,β-unsaturated/α-hetero) is 1. The molecule has 0 saturated carbocycles. The number of ketones is 1. The molecular formula is C16H20N2O4. The molecule has 22 heavy (non-hydrogen) atoms. The average molecular weight is 304 g/mol. The lowest BCUT2D eigenvalue weighted by Gasteiger charge is -2.24. The van der Waals surface area contributed by atoms with Crippen molar-refractivity contribution in [3.8, 4) is 0 Å². The van der Waals surface area contributed by atoms with Crippen LogP contribution in [0.1, 0.15) is 34.3 Å². The summed E-state index contributed by atoms with van der Waals surface area (Å²) >= 11 is 0. The van der Waals surface area contributed by atoms with Crippen molar-refractivity contribution in [1.82, 2.24) is 10.2 Å². The number of likely N-dealkylation sites (tertiary alicyclic amines) is 1. The smallest absolute Gasteiger partial charge is 0.404 e. The van der Waals surface area contributed by atoms with Crippen LogP contribution in [0.5, 0.6) is 0 Å². The summed E-state index contributed by atoms with van der Waals surface area (Å²) in [6.07, 6.45) is -0.323. The van der Waals surface area contributed by atoms with Gasteiger partial charge in [0.15, 0.2) is 5.78 Å². The number of amides is 2. The van der Waals surface area contributed by atoms with Crippen molar-refractivity contribution < 1.29 is 19.5 Å². The third-order valence-corrected chi connectivity index (χ3v) is 3.92. The zero-order chi connectivity index (χ0) is 16.3. The van der Waals surface area contributed by atoms with Crippen LogP contribution in [0.3, 0.4) is 0 Å². The Kier molecular flexibility index (Phi) is 4.80. The van der Waals surface area contributed by atoms with Gasteiger partial charge in [-0.3, -0.25) is 9.59 Å². The van der Waals surface area contributed by atoms with Crippen LogP contribution in [0.25, 0.3) is 0 Å². The number of carboxylic acid groups (broad SMARTS) is 1. The fourth-order valence-electron chi connectivity index (χ4n) is 2.75. The third kappa shape index (κ3) is 3.44. The van der Waals surface area contributed by atoms with Gasteiger partial charge in [0.25, 0.3) is 0 Å². The fraction of sp³-hybridized carbons (Fsp3) is 0.438. The highest BCUT2D eigenvalue weighted by Gasteiger charge is 2.36. The van der Waals surface area contributed by atoms with E-state index in [1.54, 1.807) is 0 Å². The number of nitrogens with one attached hydrogen (secondary N) is 1. The van der Waals surface area contributed by atoms with Crippen LogP contribution in [-0.2, 0) is 4.79 Å². The van der Waals surface area contributed by atoms with E-state index in [2.05, 4.69) is 5.32 Å². The van der Waals surface area contributed by atoms with Crippen molar-refractivity contribution in [2.45, 2.75) is 32.7 Å². The van der Waals surface area contributed by atoms with Gasteiger partial charge in [0.05, 0.1) is 6.04 Å². The van der Waals surface area contributed by atoms with Gasteiger partial charge in [-0.15, -0.1) is 0 Å². The first-order valence-corrected chi connectivity index (χ1v) is 7.28. The molecular weight excluding hydrogens is 284 g/mol. The van der Waals surface area contributed by atoms with E-state index < -0.39 is 12.1 Å². The van der Waals surface area contributed by atoms with Crippen molar-refractivity contribution >= 4 is 17.8 Å². The quantitative estimate of drug-likeness (QED) is 0.811. The minimum atomic E-state index is -1.14. The number of hydrogen-bond acceptors (Lipinski definition) is 3. The third-order valence-electron chi connectivity index (χ3n) is 3.92. The average Bonchev–Trinajstić information content (AvgIpc) is 2.82. The number of carbonyl (C=O) groups is 3. The zero-order valence-corrected chi connectivity index (χ0v) is 12.8. The largest absolute Gasteiger partial charge is 0.465 e. The van der Waals surface area contributed by atoms with E-state index in [4.69, 9.17) is 5.11 Å². The highest BCUT2D eigenvalue weighted by molar-refractivity contribution is 6.04. The van der Waals surface area contributed by atoms with Crippen molar-refractivity contribution in [3.05, 3.63) is 34.9 Å². The molecule has 0 radical (unpaired) electrons. The Morgan fingerprint density at radius 3 is 2.77 bits per heavy atom. The van der Waals surface area contributed by atoms with E-state index in [0.717, 1.165) is 11.1 Å². The second-order valence-electron chi connectivity index (χ2n) is 5.56. The molecule has 6 nitrogen and oxygen atoms in total. The summed E-state index contributed by atoms with van der Waals surface area (Å²) in [4.78, 5) is 36.7. The molecule has 1 fully saturated rings. The molecule has 2 N–H and O–H groups in total. The van der Waals surface area contributed by atoms with Crippen molar-refractivity contribution in [2.24, 2.45) is 0 Å². The minimum Gasteiger partial charge on any atom is -0.465 e. The lowest BCUT2D eigenvalue weighted by Crippen LogP contribution is -2.43. The predicted octanol–water partition coefficient (Wildman–Crippen LogP) is 1.74. The Morgan fingerprint density at radius 2 is 2.09 bits per heavy atom. The number of nitrogens with zero attached hydrogens (tertiary/aromatic N) is 1. The van der Waals surface area contributed by atoms with Crippen LogP contribution in [-0.4, -0.2) is 46.9 Å². The molecule has 2 amide bonds. The molecule has 0 bridgehead atoms. The first kappa shape index (κ1) is 16.0. The zero-order valence-electron chi connectivity index (χ0n) is 12.8. The first-order chi connectivity index (χ1) is 10.4. The molecule has 0 unspecified atom stereocenters. The van der Waals surface area contributed by atoms with Crippen LogP contribution in [0.4, 0.5) is 4.79 Å². The van der Waals surface area contributed by atoms with Crippen LogP contribution < -0.4 is 5.32 Å². The van der Waals surface area contributed by atoms with Crippen LogP contribution in [0.15, 0.2) is 18.2 Å². The Labute approximate surface area is 129 Å². The number of hydrogen-bond donors (Lipinski definition) is 2. The molecule has 6 heteroatoms. The number of carbonyl (C=O) groups excluding carboxylic acids is 2. The molecule has 1 heterocycles. The van der Waals surface area contributed by atoms with Crippen LogP contribution in [0.2, 0.25) is 0 Å². The van der Waals surface area contributed by atoms with E-state index in [-0.39, 0.29) is 24.8 Å². The van der Waals surface area contributed by atoms with E-state index in [9.17, 15) is 14.4 Å². The molecule has 1 aromatic rings. The van der Waals surface area contributed by atoms with E-state index in [1.807, 2.05) is 32.0 Å². The number of benzene rings is 1. The molecule has 1 aliphatic heterocycles. The van der Waals surface area contributed by atoms with Crippen molar-refractivity contribution in [2.75, 3.05) is 13.1 Å². The topological polar surface area (TPSA) is 86.7 Å². The van der Waals surface area contributed by atoms with Crippen LogP contribution in [0, 0.1) is 13.8 Å². The van der Waals surface area contributed by atoms with Gasteiger partial charge in [-0.05, 0) is 31.9 Å². The molecule has 1 aliphatic rings. The molecule has 0 aromatic heterocycles. The fourth-order valence-corrected chi connectivity index (χ4v) is 2.75. The standard InChI is InChI=1S/C16H20N2O4/c1-10-3-4-11(2)12(9-10)15(20)13-5-6-14(19)18(13)8-7-17-16(21)22/h3-4,9,13,17H,5-8H2,1-2H3,(H,21,22)/t13-/m0/s1. The Balaban J connectivity index is 2.14. The molecule has 0 spiro atoms. The first-order valence-electron chi connectivity index (χ1n) is 7.28. The highest BCUT2D eigenvalue weighted by atomic mass is 16.4. The van der Waals surface area contributed by atoms with Gasteiger partial charge in [0.1, 0.15) is 0 Å². The van der Waals surface area contributed by atoms with Gasteiger partial charge in [0.2, 0.25) is 5.91 Å². The molecule has 2 rings (SSSR count). The lowest BCUT2D eigenvalue weighted by atomic mass is 9.96. The lowest BCUT2D eigenvalue weighted by molar-refractivity contribution is -0.128. The summed E-state index contributed by atoms with van der Waals surface area (Å²) in [6, 6.07) is 5.19.